The van der Waals surface area contributed by atoms with Crippen molar-refractivity contribution in [2.24, 2.45) is 0 Å². The van der Waals surface area contributed by atoms with Gasteiger partial charge in [-0.15, -0.1) is 6.58 Å². The molecular weight excluding hydrogens is 294 g/mol. The molecule has 0 bridgehead atoms. The molecule has 1 aromatic heterocycles. The molecule has 1 aromatic rings. The summed E-state index contributed by atoms with van der Waals surface area (Å²) in [5, 5.41) is 6.33. The molecule has 1 atom stereocenters. The van der Waals surface area contributed by atoms with Gasteiger partial charge in [0.25, 0.3) is 0 Å². The number of aromatic nitrogens is 1. The third kappa shape index (κ3) is 2.86. The number of aryl methyl sites for hydroxylation is 2. The highest BCUT2D eigenvalue weighted by atomic mass is 32.2. The first-order valence-electron chi connectivity index (χ1n) is 6.73. The van der Waals surface area contributed by atoms with Gasteiger partial charge in [-0.25, -0.2) is 8.42 Å². The van der Waals surface area contributed by atoms with Gasteiger partial charge in [0, 0.05) is 13.1 Å². The Morgan fingerprint density at radius 2 is 2.29 bits per heavy atom. The number of nitrogens with zero attached hydrogens (tertiary/aromatic N) is 2. The van der Waals surface area contributed by atoms with Crippen LogP contribution in [-0.2, 0) is 14.8 Å². The number of sulfonamides is 1. The van der Waals surface area contributed by atoms with Crippen molar-refractivity contribution in [3.63, 3.8) is 0 Å². The molecule has 1 aliphatic rings. The second-order valence-electron chi connectivity index (χ2n) is 4.96. The number of amides is 1. The molecule has 1 N–H and O–H groups in total. The molecule has 1 saturated heterocycles. The third-order valence-corrected chi connectivity index (χ3v) is 5.61. The first kappa shape index (κ1) is 15.7. The number of rotatable bonds is 5. The lowest BCUT2D eigenvalue weighted by atomic mass is 10.2. The summed E-state index contributed by atoms with van der Waals surface area (Å²) in [6.07, 6.45) is 2.71. The van der Waals surface area contributed by atoms with Crippen molar-refractivity contribution in [3.05, 3.63) is 24.1 Å². The average Bonchev–Trinajstić information content (AvgIpc) is 3.03. The van der Waals surface area contributed by atoms with Gasteiger partial charge in [0.05, 0.1) is 0 Å². The van der Waals surface area contributed by atoms with Crippen LogP contribution < -0.4 is 5.32 Å². The largest absolute Gasteiger partial charge is 0.360 e. The Morgan fingerprint density at radius 1 is 1.57 bits per heavy atom. The van der Waals surface area contributed by atoms with Crippen molar-refractivity contribution in [1.82, 2.24) is 14.8 Å². The highest BCUT2D eigenvalue weighted by Gasteiger charge is 2.41. The smallest absolute Gasteiger partial charge is 0.249 e. The fourth-order valence-electron chi connectivity index (χ4n) is 2.54. The van der Waals surface area contributed by atoms with Gasteiger partial charge in [-0.3, -0.25) is 4.79 Å². The molecule has 8 heteroatoms. The van der Waals surface area contributed by atoms with E-state index in [1.54, 1.807) is 19.9 Å². The molecular formula is C13H19N3O4S. The minimum Gasteiger partial charge on any atom is -0.360 e. The molecule has 0 saturated carbocycles. The Morgan fingerprint density at radius 3 is 2.86 bits per heavy atom. The van der Waals surface area contributed by atoms with Gasteiger partial charge in [0.15, 0.2) is 5.76 Å². The zero-order chi connectivity index (χ0) is 15.6. The zero-order valence-electron chi connectivity index (χ0n) is 12.1. The van der Waals surface area contributed by atoms with E-state index in [9.17, 15) is 13.2 Å². The maximum atomic E-state index is 12.8. The molecule has 116 valence electrons. The van der Waals surface area contributed by atoms with Crippen LogP contribution in [0.25, 0.3) is 0 Å². The van der Waals surface area contributed by atoms with Crippen molar-refractivity contribution >= 4 is 15.9 Å². The van der Waals surface area contributed by atoms with Gasteiger partial charge >= 0.3 is 0 Å². The predicted octanol–water partition coefficient (Wildman–Crippen LogP) is 0.747. The van der Waals surface area contributed by atoms with Gasteiger partial charge in [0.1, 0.15) is 16.6 Å². The van der Waals surface area contributed by atoms with Crippen molar-refractivity contribution in [2.45, 2.75) is 37.6 Å². The molecule has 2 rings (SSSR count). The number of nitrogens with one attached hydrogen (secondary N) is 1. The van der Waals surface area contributed by atoms with Crippen molar-refractivity contribution < 1.29 is 17.7 Å². The maximum Gasteiger partial charge on any atom is 0.249 e. The summed E-state index contributed by atoms with van der Waals surface area (Å²) in [4.78, 5) is 12.2. The minimum atomic E-state index is -3.79. The van der Waals surface area contributed by atoms with E-state index in [-0.39, 0.29) is 16.6 Å². The van der Waals surface area contributed by atoms with Gasteiger partial charge < -0.3 is 9.84 Å². The van der Waals surface area contributed by atoms with E-state index in [1.807, 2.05) is 0 Å². The van der Waals surface area contributed by atoms with E-state index in [0.29, 0.717) is 31.6 Å². The molecule has 1 unspecified atom stereocenters. The van der Waals surface area contributed by atoms with Crippen LogP contribution in [0.2, 0.25) is 0 Å². The predicted molar refractivity (Wildman–Crippen MR) is 76.1 cm³/mol. The lowest BCUT2D eigenvalue weighted by molar-refractivity contribution is -0.123. The molecule has 2 heterocycles. The summed E-state index contributed by atoms with van der Waals surface area (Å²) in [6, 6.07) is -0.691. The SMILES string of the molecule is C=CCNC(=O)C1CCCN1S(=O)(=O)c1c(C)noc1C. The highest BCUT2D eigenvalue weighted by Crippen LogP contribution is 2.29. The van der Waals surface area contributed by atoms with Crippen LogP contribution in [0.1, 0.15) is 24.3 Å². The van der Waals surface area contributed by atoms with Gasteiger partial charge in [-0.1, -0.05) is 11.2 Å². The monoisotopic (exact) mass is 313 g/mol. The van der Waals surface area contributed by atoms with Crippen LogP contribution in [-0.4, -0.2) is 42.9 Å². The van der Waals surface area contributed by atoms with Crippen LogP contribution >= 0.6 is 0 Å². The van der Waals surface area contributed by atoms with Crippen LogP contribution in [0.15, 0.2) is 22.1 Å². The maximum absolute atomic E-state index is 12.8. The molecule has 7 nitrogen and oxygen atoms in total. The molecule has 0 radical (unpaired) electrons. The normalized spacial score (nSPS) is 19.6. The first-order valence-corrected chi connectivity index (χ1v) is 8.17. The Hall–Kier alpha value is -1.67. The minimum absolute atomic E-state index is 0.0610. The second kappa shape index (κ2) is 5.98. The third-order valence-electron chi connectivity index (χ3n) is 3.46. The summed E-state index contributed by atoms with van der Waals surface area (Å²) in [6.45, 7) is 7.28. The molecule has 0 aliphatic carbocycles. The summed E-state index contributed by atoms with van der Waals surface area (Å²) in [7, 11) is -3.79. The van der Waals surface area contributed by atoms with Gasteiger partial charge in [0.2, 0.25) is 15.9 Å². The summed E-state index contributed by atoms with van der Waals surface area (Å²) in [5.41, 5.74) is 0.310. The number of hydrogen-bond acceptors (Lipinski definition) is 5. The molecule has 0 aromatic carbocycles. The van der Waals surface area contributed by atoms with E-state index < -0.39 is 16.1 Å². The van der Waals surface area contributed by atoms with E-state index in [1.165, 1.54) is 4.31 Å². The topological polar surface area (TPSA) is 92.5 Å². The summed E-state index contributed by atoms with van der Waals surface area (Å²) < 4.78 is 31.7. The zero-order valence-corrected chi connectivity index (χ0v) is 12.9. The standard InChI is InChI=1S/C13H19N3O4S/c1-4-7-14-13(17)11-6-5-8-16(11)21(18,19)12-9(2)15-20-10(12)3/h4,11H,1,5-8H2,2-3H3,(H,14,17). The van der Waals surface area contributed by atoms with Gasteiger partial charge in [-0.05, 0) is 26.7 Å². The number of carbonyl (C=O) groups is 1. The lowest BCUT2D eigenvalue weighted by Gasteiger charge is -2.22. The Balaban J connectivity index is 2.31. The lowest BCUT2D eigenvalue weighted by Crippen LogP contribution is -2.46. The first-order chi connectivity index (χ1) is 9.89. The number of hydrogen-bond donors (Lipinski definition) is 1. The summed E-state index contributed by atoms with van der Waals surface area (Å²) in [5.74, 6) is -0.0626. The average molecular weight is 313 g/mol. The second-order valence-corrected chi connectivity index (χ2v) is 6.79. The van der Waals surface area contributed by atoms with Crippen molar-refractivity contribution in [1.29, 1.82) is 0 Å². The van der Waals surface area contributed by atoms with E-state index in [4.69, 9.17) is 4.52 Å². The van der Waals surface area contributed by atoms with Crippen LogP contribution in [0.4, 0.5) is 0 Å². The molecule has 1 fully saturated rings. The number of carbonyl (C=O) groups excluding carboxylic acids is 1. The Bertz CT molecular complexity index is 631. The fourth-order valence-corrected chi connectivity index (χ4v) is 4.49. The molecule has 0 spiro atoms. The van der Waals surface area contributed by atoms with E-state index in [2.05, 4.69) is 17.1 Å². The highest BCUT2D eigenvalue weighted by molar-refractivity contribution is 7.89. The van der Waals surface area contributed by atoms with Crippen LogP contribution in [0.5, 0.6) is 0 Å². The Labute approximate surface area is 124 Å². The van der Waals surface area contributed by atoms with E-state index >= 15 is 0 Å². The van der Waals surface area contributed by atoms with Crippen molar-refractivity contribution in [3.8, 4) is 0 Å². The Kier molecular flexibility index (Phi) is 4.48. The fraction of sp³-hybridized carbons (Fsp3) is 0.538. The van der Waals surface area contributed by atoms with Gasteiger partial charge in [-0.2, -0.15) is 4.31 Å². The summed E-state index contributed by atoms with van der Waals surface area (Å²) >= 11 is 0. The van der Waals surface area contributed by atoms with Crippen LogP contribution in [0.3, 0.4) is 0 Å². The van der Waals surface area contributed by atoms with Crippen molar-refractivity contribution in [2.75, 3.05) is 13.1 Å². The molecule has 1 aliphatic heterocycles. The van der Waals surface area contributed by atoms with Crippen LogP contribution in [0, 0.1) is 13.8 Å². The van der Waals surface area contributed by atoms with E-state index in [0.717, 1.165) is 0 Å². The quantitative estimate of drug-likeness (QED) is 0.810. The molecule has 1 amide bonds. The molecule has 21 heavy (non-hydrogen) atoms.